The number of carbonyl (C=O) groups excluding carboxylic acids is 1. The maximum Gasteiger partial charge on any atom is 0.306 e. The monoisotopic (exact) mass is 410 g/mol. The minimum atomic E-state index is -1.77. The Labute approximate surface area is 173 Å². The molecule has 0 bridgehead atoms. The predicted molar refractivity (Wildman–Crippen MR) is 119 cm³/mol. The molecule has 0 saturated heterocycles. The largest absolute Gasteiger partial charge is 0.461 e. The number of hydrogen-bond donors (Lipinski definition) is 1. The molecule has 0 aromatic carbocycles. The van der Waals surface area contributed by atoms with E-state index in [1.165, 1.54) is 0 Å². The number of hydrogen-bond acceptors (Lipinski definition) is 4. The van der Waals surface area contributed by atoms with E-state index in [0.717, 1.165) is 32.3 Å². The molecule has 0 heterocycles. The second kappa shape index (κ2) is 11.3. The first-order valence-electron chi connectivity index (χ1n) is 10.7. The second-order valence-electron chi connectivity index (χ2n) is 9.75. The normalized spacial score (nSPS) is 26.0. The molecule has 1 aliphatic rings. The van der Waals surface area contributed by atoms with Crippen molar-refractivity contribution in [2.45, 2.75) is 84.0 Å². The Morgan fingerprint density at radius 2 is 1.93 bits per heavy atom. The Morgan fingerprint density at radius 1 is 1.25 bits per heavy atom. The molecule has 1 saturated carbocycles. The van der Waals surface area contributed by atoms with Crippen LogP contribution in [-0.4, -0.2) is 38.7 Å². The van der Waals surface area contributed by atoms with E-state index < -0.39 is 8.32 Å². The van der Waals surface area contributed by atoms with Gasteiger partial charge in [0.25, 0.3) is 0 Å². The quantitative estimate of drug-likeness (QED) is 0.212. The van der Waals surface area contributed by atoms with Gasteiger partial charge in [-0.15, -0.1) is 0 Å². The zero-order valence-corrected chi connectivity index (χ0v) is 19.9. The number of ether oxygens (including phenoxy) is 1. The van der Waals surface area contributed by atoms with Crippen molar-refractivity contribution in [3.05, 3.63) is 24.8 Å². The van der Waals surface area contributed by atoms with Crippen LogP contribution in [0.4, 0.5) is 0 Å². The Hall–Kier alpha value is -0.913. The van der Waals surface area contributed by atoms with E-state index in [1.54, 1.807) is 6.08 Å². The average molecular weight is 411 g/mol. The van der Waals surface area contributed by atoms with Crippen LogP contribution in [0.1, 0.15) is 59.8 Å². The average Bonchev–Trinajstić information content (AvgIpc) is 2.86. The smallest absolute Gasteiger partial charge is 0.306 e. The van der Waals surface area contributed by atoms with Crippen molar-refractivity contribution >= 4 is 14.3 Å². The van der Waals surface area contributed by atoms with Crippen molar-refractivity contribution < 1.29 is 19.1 Å². The van der Waals surface area contributed by atoms with Crippen molar-refractivity contribution in [2.24, 2.45) is 17.8 Å². The molecule has 0 radical (unpaired) electrons. The zero-order valence-electron chi connectivity index (χ0n) is 18.9. The maximum absolute atomic E-state index is 11.5. The summed E-state index contributed by atoms with van der Waals surface area (Å²) in [6.07, 6.45) is 9.43. The molecule has 1 rings (SSSR count). The molecular formula is C23H42O4Si. The van der Waals surface area contributed by atoms with Gasteiger partial charge in [0.2, 0.25) is 0 Å². The molecule has 0 unspecified atom stereocenters. The van der Waals surface area contributed by atoms with Gasteiger partial charge in [0.05, 0.1) is 6.10 Å². The molecule has 0 amide bonds. The fraction of sp³-hybridized carbons (Fsp3) is 0.783. The van der Waals surface area contributed by atoms with Crippen molar-refractivity contribution in [3.8, 4) is 0 Å². The minimum Gasteiger partial charge on any atom is -0.461 e. The third kappa shape index (κ3) is 7.84. The highest BCUT2D eigenvalue weighted by Crippen LogP contribution is 2.42. The van der Waals surface area contributed by atoms with E-state index in [0.29, 0.717) is 18.3 Å². The molecule has 4 atom stereocenters. The lowest BCUT2D eigenvalue weighted by Crippen LogP contribution is -2.42. The van der Waals surface area contributed by atoms with E-state index in [4.69, 9.17) is 9.16 Å². The highest BCUT2D eigenvalue weighted by atomic mass is 28.4. The third-order valence-electron chi connectivity index (χ3n) is 6.52. The van der Waals surface area contributed by atoms with Crippen LogP contribution in [0.3, 0.4) is 0 Å². The predicted octanol–water partition coefficient (Wildman–Crippen LogP) is 5.49. The molecule has 162 valence electrons. The van der Waals surface area contributed by atoms with Crippen molar-refractivity contribution in [3.63, 3.8) is 0 Å². The van der Waals surface area contributed by atoms with Gasteiger partial charge in [-0.1, -0.05) is 52.5 Å². The van der Waals surface area contributed by atoms with Crippen LogP contribution < -0.4 is 0 Å². The molecule has 1 fully saturated rings. The summed E-state index contributed by atoms with van der Waals surface area (Å²) in [7, 11) is -1.77. The van der Waals surface area contributed by atoms with Crippen molar-refractivity contribution in [1.29, 1.82) is 0 Å². The molecule has 0 aromatic heterocycles. The first-order valence-corrected chi connectivity index (χ1v) is 13.6. The van der Waals surface area contributed by atoms with Gasteiger partial charge >= 0.3 is 5.97 Å². The van der Waals surface area contributed by atoms with Crippen LogP contribution in [0.15, 0.2) is 24.8 Å². The highest BCUT2D eigenvalue weighted by Gasteiger charge is 2.43. The molecule has 4 nitrogen and oxygen atoms in total. The summed E-state index contributed by atoms with van der Waals surface area (Å²) in [6.45, 7) is 18.2. The number of aliphatic hydroxyl groups is 1. The van der Waals surface area contributed by atoms with Crippen LogP contribution in [0.2, 0.25) is 18.1 Å². The fourth-order valence-electron chi connectivity index (χ4n) is 3.54. The molecule has 0 aliphatic heterocycles. The van der Waals surface area contributed by atoms with Gasteiger partial charge in [0, 0.05) is 13.0 Å². The number of carbonyl (C=O) groups is 1. The van der Waals surface area contributed by atoms with E-state index in [9.17, 15) is 9.90 Å². The van der Waals surface area contributed by atoms with E-state index in [-0.39, 0.29) is 29.6 Å². The summed E-state index contributed by atoms with van der Waals surface area (Å²) in [5.41, 5.74) is 0. The summed E-state index contributed by atoms with van der Waals surface area (Å²) in [4.78, 5) is 11.5. The summed E-state index contributed by atoms with van der Waals surface area (Å²) in [5, 5.41) is 10.7. The lowest BCUT2D eigenvalue weighted by molar-refractivity contribution is -0.142. The first kappa shape index (κ1) is 25.1. The summed E-state index contributed by atoms with van der Waals surface area (Å²) in [6, 6.07) is 0. The van der Waals surface area contributed by atoms with E-state index >= 15 is 0 Å². The maximum atomic E-state index is 11.5. The number of esters is 1. The highest BCUT2D eigenvalue weighted by molar-refractivity contribution is 6.74. The molecule has 0 spiro atoms. The van der Waals surface area contributed by atoms with Gasteiger partial charge in [-0.05, 0) is 61.6 Å². The Bertz CT molecular complexity index is 521. The Morgan fingerprint density at radius 3 is 2.54 bits per heavy atom. The van der Waals surface area contributed by atoms with Crippen LogP contribution in [0.25, 0.3) is 0 Å². The van der Waals surface area contributed by atoms with Gasteiger partial charge in [-0.25, -0.2) is 0 Å². The number of unbranched alkanes of at least 4 members (excludes halogenated alkanes) is 1. The van der Waals surface area contributed by atoms with Gasteiger partial charge < -0.3 is 14.3 Å². The summed E-state index contributed by atoms with van der Waals surface area (Å²) in [5.74, 6) is 0.977. The van der Waals surface area contributed by atoms with Gasteiger partial charge in [-0.2, -0.15) is 0 Å². The summed E-state index contributed by atoms with van der Waals surface area (Å²) < 4.78 is 11.4. The molecule has 1 aliphatic carbocycles. The standard InChI is InChI=1S/C23H42O4Si/c1-8-15-26-22(25)14-12-10-9-11-13-19-20(18(2)16-21(19)24)17-27-28(6,7)23(3,4)5/h8-9,11,18-21,24H,1,10,12-17H2,2-7H3/b11-9-/t18-,19-,20+,21+/m1/s1. The number of rotatable bonds is 11. The van der Waals surface area contributed by atoms with Crippen molar-refractivity contribution in [2.75, 3.05) is 13.2 Å². The van der Waals surface area contributed by atoms with Crippen LogP contribution in [0.5, 0.6) is 0 Å². The van der Waals surface area contributed by atoms with Crippen LogP contribution >= 0.6 is 0 Å². The summed E-state index contributed by atoms with van der Waals surface area (Å²) >= 11 is 0. The first-order chi connectivity index (χ1) is 13.0. The molecule has 28 heavy (non-hydrogen) atoms. The molecular weight excluding hydrogens is 368 g/mol. The lowest BCUT2D eigenvalue weighted by Gasteiger charge is -2.38. The third-order valence-corrected chi connectivity index (χ3v) is 11.0. The lowest BCUT2D eigenvalue weighted by atomic mass is 9.88. The van der Waals surface area contributed by atoms with Crippen LogP contribution in [0, 0.1) is 17.8 Å². The fourth-order valence-corrected chi connectivity index (χ4v) is 4.58. The van der Waals surface area contributed by atoms with Gasteiger partial charge in [0.15, 0.2) is 8.32 Å². The molecule has 5 heteroatoms. The van der Waals surface area contributed by atoms with Gasteiger partial charge in [-0.3, -0.25) is 4.79 Å². The van der Waals surface area contributed by atoms with Gasteiger partial charge in [0.1, 0.15) is 6.61 Å². The van der Waals surface area contributed by atoms with E-state index in [1.807, 2.05) is 0 Å². The number of aliphatic hydroxyl groups excluding tert-OH is 1. The SMILES string of the molecule is C=CCOC(=O)CCC/C=C\C[C@@H]1[C@@H](CO[Si](C)(C)C(C)(C)C)[C@H](C)C[C@@H]1O. The Balaban J connectivity index is 2.46. The molecule has 0 aromatic rings. The van der Waals surface area contributed by atoms with Crippen LogP contribution in [-0.2, 0) is 14.0 Å². The zero-order chi connectivity index (χ0) is 21.4. The topological polar surface area (TPSA) is 55.8 Å². The minimum absolute atomic E-state index is 0.170. The van der Waals surface area contributed by atoms with E-state index in [2.05, 4.69) is 59.5 Å². The molecule has 1 N–H and O–H groups in total. The second-order valence-corrected chi connectivity index (χ2v) is 14.6. The van der Waals surface area contributed by atoms with Crippen molar-refractivity contribution in [1.82, 2.24) is 0 Å². The number of allylic oxidation sites excluding steroid dienone is 2. The Kier molecular flexibility index (Phi) is 10.2.